The normalized spacial score (nSPS) is 12.8. The Labute approximate surface area is 182 Å². The number of aryl methyl sites for hydroxylation is 1. The lowest BCUT2D eigenvalue weighted by molar-refractivity contribution is -0.147. The highest BCUT2D eigenvalue weighted by Gasteiger charge is 2.33. The van der Waals surface area contributed by atoms with Crippen LogP contribution in [0, 0.1) is 6.92 Å². The standard InChI is InChI=1S/C22H26N4O4S/c1-5-7-21(22(27)30-6-2)25(4)31(28,29)18-10-8-17(9-11-18)15-26-16(3)24-19-14-23-13-12-20(19)26/h5,8-14,21H,1,6-7,15H2,2-4H3. The van der Waals surface area contributed by atoms with Gasteiger partial charge in [-0.3, -0.25) is 9.78 Å². The van der Waals surface area contributed by atoms with Gasteiger partial charge >= 0.3 is 5.97 Å². The van der Waals surface area contributed by atoms with Gasteiger partial charge in [0.25, 0.3) is 0 Å². The number of imidazole rings is 1. The van der Waals surface area contributed by atoms with E-state index in [-0.39, 0.29) is 17.9 Å². The van der Waals surface area contributed by atoms with Crippen molar-refractivity contribution in [1.29, 1.82) is 0 Å². The van der Waals surface area contributed by atoms with E-state index in [1.54, 1.807) is 43.6 Å². The maximum atomic E-state index is 13.1. The highest BCUT2D eigenvalue weighted by Crippen LogP contribution is 2.21. The minimum absolute atomic E-state index is 0.105. The molecule has 0 fully saturated rings. The van der Waals surface area contributed by atoms with Gasteiger partial charge in [0, 0.05) is 19.8 Å². The fraction of sp³-hybridized carbons (Fsp3) is 0.318. The van der Waals surface area contributed by atoms with Crippen molar-refractivity contribution in [3.05, 3.63) is 66.8 Å². The average molecular weight is 443 g/mol. The molecular formula is C22H26N4O4S. The van der Waals surface area contributed by atoms with Crippen LogP contribution in [0.15, 0.2) is 60.3 Å². The number of nitrogens with zero attached hydrogens (tertiary/aromatic N) is 4. The molecule has 0 aliphatic heterocycles. The zero-order valence-electron chi connectivity index (χ0n) is 17.9. The van der Waals surface area contributed by atoms with Gasteiger partial charge in [-0.25, -0.2) is 13.4 Å². The predicted octanol–water partition coefficient (Wildman–Crippen LogP) is 2.92. The highest BCUT2D eigenvalue weighted by molar-refractivity contribution is 7.89. The SMILES string of the molecule is C=CCC(C(=O)OCC)N(C)S(=O)(=O)c1ccc(Cn2c(C)nc3cnccc32)cc1. The molecule has 3 aromatic rings. The van der Waals surface area contributed by atoms with Gasteiger partial charge < -0.3 is 9.30 Å². The van der Waals surface area contributed by atoms with Gasteiger partial charge in [-0.05, 0) is 44.0 Å². The molecule has 2 heterocycles. The number of likely N-dealkylation sites (N-methyl/N-ethyl adjacent to an activating group) is 1. The molecule has 164 valence electrons. The largest absolute Gasteiger partial charge is 0.465 e. The third-order valence-electron chi connectivity index (χ3n) is 5.07. The first-order valence-electron chi connectivity index (χ1n) is 9.91. The molecule has 3 rings (SSSR count). The van der Waals surface area contributed by atoms with Crippen molar-refractivity contribution in [3.63, 3.8) is 0 Å². The molecule has 1 unspecified atom stereocenters. The molecule has 1 atom stereocenters. The van der Waals surface area contributed by atoms with Gasteiger partial charge in [-0.15, -0.1) is 6.58 Å². The Morgan fingerprint density at radius 2 is 2.00 bits per heavy atom. The number of hydrogen-bond donors (Lipinski definition) is 0. The Kier molecular flexibility index (Phi) is 6.87. The summed E-state index contributed by atoms with van der Waals surface area (Å²) in [6.07, 6.45) is 5.10. The number of carbonyl (C=O) groups is 1. The smallest absolute Gasteiger partial charge is 0.324 e. The number of sulfonamides is 1. The Morgan fingerprint density at radius 3 is 2.65 bits per heavy atom. The van der Waals surface area contributed by atoms with Crippen LogP contribution in [0.3, 0.4) is 0 Å². The highest BCUT2D eigenvalue weighted by atomic mass is 32.2. The molecule has 0 aliphatic rings. The van der Waals surface area contributed by atoms with Gasteiger partial charge in [-0.2, -0.15) is 4.31 Å². The first kappa shape index (κ1) is 22.6. The summed E-state index contributed by atoms with van der Waals surface area (Å²) >= 11 is 0. The molecule has 0 saturated heterocycles. The second-order valence-electron chi connectivity index (χ2n) is 7.07. The van der Waals surface area contributed by atoms with Crippen molar-refractivity contribution in [1.82, 2.24) is 18.8 Å². The second kappa shape index (κ2) is 9.40. The number of carbonyl (C=O) groups excluding carboxylic acids is 1. The van der Waals surface area contributed by atoms with Gasteiger partial charge in [0.2, 0.25) is 10.0 Å². The minimum Gasteiger partial charge on any atom is -0.465 e. The van der Waals surface area contributed by atoms with Crippen molar-refractivity contribution in [2.75, 3.05) is 13.7 Å². The Balaban J connectivity index is 1.84. The molecule has 1 aromatic carbocycles. The van der Waals surface area contributed by atoms with E-state index < -0.39 is 22.0 Å². The van der Waals surface area contributed by atoms with Crippen LogP contribution < -0.4 is 0 Å². The van der Waals surface area contributed by atoms with Crippen LogP contribution in [-0.2, 0) is 26.1 Å². The summed E-state index contributed by atoms with van der Waals surface area (Å²) in [5.74, 6) is 0.253. The van der Waals surface area contributed by atoms with Crippen LogP contribution in [0.2, 0.25) is 0 Å². The number of fused-ring (bicyclic) bond motifs is 1. The first-order valence-corrected chi connectivity index (χ1v) is 11.3. The van der Waals surface area contributed by atoms with E-state index in [4.69, 9.17) is 4.74 Å². The topological polar surface area (TPSA) is 94.4 Å². The molecular weight excluding hydrogens is 416 g/mol. The van der Waals surface area contributed by atoms with E-state index in [0.29, 0.717) is 6.54 Å². The van der Waals surface area contributed by atoms with Crippen LogP contribution in [0.5, 0.6) is 0 Å². The summed E-state index contributed by atoms with van der Waals surface area (Å²) in [5, 5.41) is 0. The summed E-state index contributed by atoms with van der Waals surface area (Å²) < 4.78 is 34.3. The van der Waals surface area contributed by atoms with Crippen LogP contribution in [0.25, 0.3) is 11.0 Å². The summed E-state index contributed by atoms with van der Waals surface area (Å²) in [7, 11) is -2.51. The van der Waals surface area contributed by atoms with E-state index in [0.717, 1.165) is 26.7 Å². The average Bonchev–Trinajstić information content (AvgIpc) is 3.07. The molecule has 2 aromatic heterocycles. The van der Waals surface area contributed by atoms with Crippen molar-refractivity contribution in [2.24, 2.45) is 0 Å². The number of pyridine rings is 1. The number of hydrogen-bond acceptors (Lipinski definition) is 6. The molecule has 0 N–H and O–H groups in total. The number of rotatable bonds is 9. The number of ether oxygens (including phenoxy) is 1. The van der Waals surface area contributed by atoms with Gasteiger partial charge in [0.05, 0.1) is 23.2 Å². The van der Waals surface area contributed by atoms with Gasteiger partial charge in [0.1, 0.15) is 17.4 Å². The van der Waals surface area contributed by atoms with Gasteiger partial charge in [-0.1, -0.05) is 18.2 Å². The molecule has 0 bridgehead atoms. The summed E-state index contributed by atoms with van der Waals surface area (Å²) in [6, 6.07) is 7.56. The van der Waals surface area contributed by atoms with Crippen LogP contribution in [0.1, 0.15) is 24.7 Å². The van der Waals surface area contributed by atoms with E-state index in [1.807, 2.05) is 17.6 Å². The molecule has 0 spiro atoms. The Morgan fingerprint density at radius 1 is 1.29 bits per heavy atom. The van der Waals surface area contributed by atoms with Gasteiger partial charge in [0.15, 0.2) is 0 Å². The molecule has 8 nitrogen and oxygen atoms in total. The van der Waals surface area contributed by atoms with Crippen molar-refractivity contribution in [2.45, 2.75) is 37.8 Å². The molecule has 0 radical (unpaired) electrons. The minimum atomic E-state index is -3.89. The quantitative estimate of drug-likeness (QED) is 0.374. The lowest BCUT2D eigenvalue weighted by Crippen LogP contribution is -2.43. The predicted molar refractivity (Wildman–Crippen MR) is 118 cm³/mol. The monoisotopic (exact) mass is 442 g/mol. The van der Waals surface area contributed by atoms with Crippen LogP contribution >= 0.6 is 0 Å². The fourth-order valence-electron chi connectivity index (χ4n) is 3.37. The maximum Gasteiger partial charge on any atom is 0.324 e. The summed E-state index contributed by atoms with van der Waals surface area (Å²) in [6.45, 7) is 7.93. The second-order valence-corrected chi connectivity index (χ2v) is 9.06. The zero-order chi connectivity index (χ0) is 22.6. The van der Waals surface area contributed by atoms with Crippen LogP contribution in [0.4, 0.5) is 0 Å². The third-order valence-corrected chi connectivity index (χ3v) is 6.95. The first-order chi connectivity index (χ1) is 14.8. The van der Waals surface area contributed by atoms with Crippen molar-refractivity contribution >= 4 is 27.0 Å². The zero-order valence-corrected chi connectivity index (χ0v) is 18.7. The Hall–Kier alpha value is -3.04. The third kappa shape index (κ3) is 4.67. The number of benzene rings is 1. The van der Waals surface area contributed by atoms with Crippen LogP contribution in [-0.4, -0.2) is 52.9 Å². The molecule has 0 amide bonds. The molecule has 31 heavy (non-hydrogen) atoms. The number of esters is 1. The maximum absolute atomic E-state index is 13.1. The summed E-state index contributed by atoms with van der Waals surface area (Å²) in [4.78, 5) is 20.9. The molecule has 0 saturated carbocycles. The Bertz CT molecular complexity index is 1190. The van der Waals surface area contributed by atoms with Crippen molar-refractivity contribution in [3.8, 4) is 0 Å². The van der Waals surface area contributed by atoms with E-state index >= 15 is 0 Å². The number of aromatic nitrogens is 3. The van der Waals surface area contributed by atoms with E-state index in [1.165, 1.54) is 13.1 Å². The lowest BCUT2D eigenvalue weighted by atomic mass is 10.2. The molecule has 9 heteroatoms. The van der Waals surface area contributed by atoms with E-state index in [9.17, 15) is 13.2 Å². The fourth-order valence-corrected chi connectivity index (χ4v) is 4.69. The summed E-state index contributed by atoms with van der Waals surface area (Å²) in [5.41, 5.74) is 2.70. The van der Waals surface area contributed by atoms with Crippen molar-refractivity contribution < 1.29 is 17.9 Å². The molecule has 0 aliphatic carbocycles. The van der Waals surface area contributed by atoms with E-state index in [2.05, 4.69) is 16.5 Å². The lowest BCUT2D eigenvalue weighted by Gasteiger charge is -2.25.